The summed E-state index contributed by atoms with van der Waals surface area (Å²) in [6.07, 6.45) is 2.07. The van der Waals surface area contributed by atoms with Crippen LogP contribution in [0.3, 0.4) is 0 Å². The maximum atomic E-state index is 12.5. The van der Waals surface area contributed by atoms with Crippen LogP contribution in [0.25, 0.3) is 0 Å². The van der Waals surface area contributed by atoms with Crippen LogP contribution in [0.2, 0.25) is 0 Å². The summed E-state index contributed by atoms with van der Waals surface area (Å²) in [5.74, 6) is 0.101. The second-order valence-electron chi connectivity index (χ2n) is 5.52. The van der Waals surface area contributed by atoms with Crippen LogP contribution < -0.4 is 10.5 Å². The van der Waals surface area contributed by atoms with Gasteiger partial charge in [-0.15, -0.1) is 0 Å². The summed E-state index contributed by atoms with van der Waals surface area (Å²) < 4.78 is 11.0. The van der Waals surface area contributed by atoms with Gasteiger partial charge in [-0.1, -0.05) is 18.2 Å². The van der Waals surface area contributed by atoms with E-state index in [0.29, 0.717) is 25.1 Å². The van der Waals surface area contributed by atoms with Gasteiger partial charge in [0.1, 0.15) is 12.4 Å². The van der Waals surface area contributed by atoms with E-state index in [4.69, 9.17) is 14.9 Å². The minimum Gasteiger partial charge on any atom is -0.489 e. The topological polar surface area (TPSA) is 85.8 Å². The van der Waals surface area contributed by atoms with Crippen molar-refractivity contribution in [2.45, 2.75) is 13.0 Å². The third-order valence-electron chi connectivity index (χ3n) is 3.96. The van der Waals surface area contributed by atoms with E-state index < -0.39 is 0 Å². The maximum absolute atomic E-state index is 12.5. The number of furan rings is 1. The molecule has 0 radical (unpaired) electrons. The van der Waals surface area contributed by atoms with E-state index in [-0.39, 0.29) is 30.1 Å². The van der Waals surface area contributed by atoms with E-state index in [9.17, 15) is 9.59 Å². The fraction of sp³-hybridized carbons (Fsp3) is 0.294. The van der Waals surface area contributed by atoms with Gasteiger partial charge in [0.05, 0.1) is 12.2 Å². The van der Waals surface area contributed by atoms with Crippen molar-refractivity contribution in [2.24, 2.45) is 11.7 Å². The lowest BCUT2D eigenvalue weighted by atomic mass is 10.1. The molecular weight excluding hydrogens is 296 g/mol. The van der Waals surface area contributed by atoms with Gasteiger partial charge in [0.15, 0.2) is 5.76 Å². The van der Waals surface area contributed by atoms with Crippen LogP contribution in [0.15, 0.2) is 47.1 Å². The fourth-order valence-electron chi connectivity index (χ4n) is 2.64. The normalized spacial score (nSPS) is 17.2. The van der Waals surface area contributed by atoms with Crippen molar-refractivity contribution in [1.82, 2.24) is 4.90 Å². The SMILES string of the molecule is NC(=O)C1CCN(C(=O)c2occc2COc2ccccc2)C1. The van der Waals surface area contributed by atoms with Crippen molar-refractivity contribution in [2.75, 3.05) is 13.1 Å². The van der Waals surface area contributed by atoms with Crippen LogP contribution in [0.1, 0.15) is 22.5 Å². The third-order valence-corrected chi connectivity index (χ3v) is 3.96. The van der Waals surface area contributed by atoms with Crippen molar-refractivity contribution < 1.29 is 18.7 Å². The van der Waals surface area contributed by atoms with Gasteiger partial charge in [0.25, 0.3) is 5.91 Å². The van der Waals surface area contributed by atoms with Gasteiger partial charge in [-0.3, -0.25) is 9.59 Å². The Morgan fingerprint density at radius 3 is 2.74 bits per heavy atom. The number of ether oxygens (including phenoxy) is 1. The summed E-state index contributed by atoms with van der Waals surface area (Å²) in [6, 6.07) is 11.1. The molecule has 1 aromatic carbocycles. The molecule has 1 fully saturated rings. The smallest absolute Gasteiger partial charge is 0.289 e. The summed E-state index contributed by atoms with van der Waals surface area (Å²) >= 11 is 0. The molecule has 0 saturated carbocycles. The van der Waals surface area contributed by atoms with Crippen LogP contribution in [0.4, 0.5) is 0 Å². The molecule has 1 aliphatic rings. The van der Waals surface area contributed by atoms with Gasteiger partial charge in [-0.25, -0.2) is 0 Å². The average molecular weight is 314 g/mol. The molecule has 1 aliphatic heterocycles. The molecule has 2 aromatic rings. The van der Waals surface area contributed by atoms with Gasteiger partial charge in [0, 0.05) is 18.7 Å². The number of likely N-dealkylation sites (tertiary alicyclic amines) is 1. The molecule has 23 heavy (non-hydrogen) atoms. The summed E-state index contributed by atoms with van der Waals surface area (Å²) in [5, 5.41) is 0. The van der Waals surface area contributed by atoms with Crippen LogP contribution >= 0.6 is 0 Å². The first-order valence-corrected chi connectivity index (χ1v) is 7.48. The Balaban J connectivity index is 1.66. The molecule has 2 N–H and O–H groups in total. The number of hydrogen-bond acceptors (Lipinski definition) is 4. The minimum atomic E-state index is -0.368. The number of para-hydroxylation sites is 1. The van der Waals surface area contributed by atoms with Crippen molar-refractivity contribution in [3.05, 3.63) is 54.0 Å². The molecule has 0 spiro atoms. The van der Waals surface area contributed by atoms with Crippen molar-refractivity contribution in [3.8, 4) is 5.75 Å². The predicted molar refractivity (Wildman–Crippen MR) is 82.7 cm³/mol. The van der Waals surface area contributed by atoms with Gasteiger partial charge >= 0.3 is 0 Å². The molecule has 1 atom stereocenters. The lowest BCUT2D eigenvalue weighted by Crippen LogP contribution is -2.32. The highest BCUT2D eigenvalue weighted by atomic mass is 16.5. The van der Waals surface area contributed by atoms with E-state index in [0.717, 1.165) is 5.75 Å². The molecule has 2 amide bonds. The molecule has 2 heterocycles. The lowest BCUT2D eigenvalue weighted by Gasteiger charge is -2.15. The minimum absolute atomic E-state index is 0.231. The standard InChI is InChI=1S/C17H18N2O4/c18-16(20)12-6-8-19(10-12)17(21)15-13(7-9-22-15)11-23-14-4-2-1-3-5-14/h1-5,7,9,12H,6,8,10-11H2,(H2,18,20). The first-order chi connectivity index (χ1) is 11.1. The van der Waals surface area contributed by atoms with Crippen LogP contribution in [-0.4, -0.2) is 29.8 Å². The summed E-state index contributed by atoms with van der Waals surface area (Å²) in [7, 11) is 0. The van der Waals surface area contributed by atoms with Gasteiger partial charge < -0.3 is 19.8 Å². The maximum Gasteiger partial charge on any atom is 0.289 e. The molecule has 3 rings (SSSR count). The number of rotatable bonds is 5. The highest BCUT2D eigenvalue weighted by molar-refractivity contribution is 5.93. The van der Waals surface area contributed by atoms with E-state index >= 15 is 0 Å². The molecule has 1 saturated heterocycles. The molecule has 1 aromatic heterocycles. The Hall–Kier alpha value is -2.76. The van der Waals surface area contributed by atoms with E-state index in [1.54, 1.807) is 11.0 Å². The Labute approximate surface area is 133 Å². The van der Waals surface area contributed by atoms with Crippen LogP contribution in [0.5, 0.6) is 5.75 Å². The number of carbonyl (C=O) groups is 2. The highest BCUT2D eigenvalue weighted by Crippen LogP contribution is 2.22. The second-order valence-corrected chi connectivity index (χ2v) is 5.52. The predicted octanol–water partition coefficient (Wildman–Crippen LogP) is 1.81. The summed E-state index contributed by atoms with van der Waals surface area (Å²) in [5.41, 5.74) is 5.98. The Bertz CT molecular complexity index is 696. The van der Waals surface area contributed by atoms with E-state index in [1.807, 2.05) is 30.3 Å². The largest absolute Gasteiger partial charge is 0.489 e. The van der Waals surface area contributed by atoms with E-state index in [1.165, 1.54) is 6.26 Å². The number of benzene rings is 1. The Morgan fingerprint density at radius 2 is 2.04 bits per heavy atom. The third kappa shape index (κ3) is 3.36. The molecule has 0 bridgehead atoms. The quantitative estimate of drug-likeness (QED) is 0.912. The Morgan fingerprint density at radius 1 is 1.26 bits per heavy atom. The summed E-state index contributed by atoms with van der Waals surface area (Å²) in [6.45, 7) is 1.09. The number of nitrogens with zero attached hydrogens (tertiary/aromatic N) is 1. The molecular formula is C17H18N2O4. The molecule has 120 valence electrons. The first kappa shape index (κ1) is 15.1. The Kier molecular flexibility index (Phi) is 4.32. The van der Waals surface area contributed by atoms with Crippen molar-refractivity contribution >= 4 is 11.8 Å². The number of hydrogen-bond donors (Lipinski definition) is 1. The molecule has 1 unspecified atom stereocenters. The van der Waals surface area contributed by atoms with Gasteiger partial charge in [-0.2, -0.15) is 0 Å². The zero-order valence-electron chi connectivity index (χ0n) is 12.6. The highest BCUT2D eigenvalue weighted by Gasteiger charge is 2.32. The molecule has 0 aliphatic carbocycles. The number of amides is 2. The van der Waals surface area contributed by atoms with Crippen molar-refractivity contribution in [3.63, 3.8) is 0 Å². The van der Waals surface area contributed by atoms with Crippen LogP contribution in [-0.2, 0) is 11.4 Å². The zero-order valence-corrected chi connectivity index (χ0v) is 12.6. The molecule has 6 nitrogen and oxygen atoms in total. The number of carbonyl (C=O) groups excluding carboxylic acids is 2. The fourth-order valence-corrected chi connectivity index (χ4v) is 2.64. The van der Waals surface area contributed by atoms with Gasteiger partial charge in [-0.05, 0) is 24.6 Å². The number of nitrogens with two attached hydrogens (primary N) is 1. The second kappa shape index (κ2) is 6.56. The van der Waals surface area contributed by atoms with Gasteiger partial charge in [0.2, 0.25) is 5.91 Å². The number of primary amides is 1. The monoisotopic (exact) mass is 314 g/mol. The molecule has 6 heteroatoms. The van der Waals surface area contributed by atoms with Crippen LogP contribution in [0, 0.1) is 5.92 Å². The zero-order chi connectivity index (χ0) is 16.2. The average Bonchev–Trinajstić information content (AvgIpc) is 3.22. The first-order valence-electron chi connectivity index (χ1n) is 7.48. The van der Waals surface area contributed by atoms with E-state index in [2.05, 4.69) is 0 Å². The lowest BCUT2D eigenvalue weighted by molar-refractivity contribution is -0.121. The van der Waals surface area contributed by atoms with Crippen molar-refractivity contribution in [1.29, 1.82) is 0 Å². The summed E-state index contributed by atoms with van der Waals surface area (Å²) in [4.78, 5) is 25.4.